The van der Waals surface area contributed by atoms with Gasteiger partial charge >= 0.3 is 5.97 Å². The molecule has 3 rings (SSSR count). The first kappa shape index (κ1) is 12.2. The summed E-state index contributed by atoms with van der Waals surface area (Å²) < 4.78 is 1.31. The maximum absolute atomic E-state index is 12.0. The number of carboxylic acid groups (broad SMARTS) is 1. The van der Waals surface area contributed by atoms with E-state index in [0.717, 1.165) is 31.6 Å². The van der Waals surface area contributed by atoms with Gasteiger partial charge in [-0.25, -0.2) is 4.79 Å². The van der Waals surface area contributed by atoms with Crippen LogP contribution >= 0.6 is 0 Å². The van der Waals surface area contributed by atoms with E-state index in [4.69, 9.17) is 0 Å². The smallest absolute Gasteiger partial charge is 0.352 e. The Morgan fingerprint density at radius 1 is 1.21 bits per heavy atom. The van der Waals surface area contributed by atoms with Crippen molar-refractivity contribution in [2.75, 3.05) is 13.1 Å². The van der Waals surface area contributed by atoms with Gasteiger partial charge in [0.25, 0.3) is 5.56 Å². The summed E-state index contributed by atoms with van der Waals surface area (Å²) in [5, 5.41) is 18.6. The van der Waals surface area contributed by atoms with Gasteiger partial charge in [0.1, 0.15) is 11.4 Å². The monoisotopic (exact) mass is 264 g/mol. The predicted molar refractivity (Wildman–Crippen MR) is 67.6 cm³/mol. The molecule has 2 fully saturated rings. The highest BCUT2D eigenvalue weighted by atomic mass is 16.4. The highest BCUT2D eigenvalue weighted by molar-refractivity contribution is 5.86. The summed E-state index contributed by atoms with van der Waals surface area (Å²) in [6.45, 7) is 1.62. The maximum Gasteiger partial charge on any atom is 0.352 e. The fourth-order valence-electron chi connectivity index (χ4n) is 2.86. The Balaban J connectivity index is 1.95. The number of carbonyl (C=O) groups is 1. The van der Waals surface area contributed by atoms with Crippen LogP contribution in [0.3, 0.4) is 0 Å². The quantitative estimate of drug-likeness (QED) is 0.838. The third-order valence-electron chi connectivity index (χ3n) is 3.90. The van der Waals surface area contributed by atoms with Gasteiger partial charge in [0.2, 0.25) is 0 Å². The molecule has 0 amide bonds. The summed E-state index contributed by atoms with van der Waals surface area (Å²) in [4.78, 5) is 25.5. The van der Waals surface area contributed by atoms with E-state index in [-0.39, 0.29) is 17.5 Å². The molecule has 1 unspecified atom stereocenters. The van der Waals surface area contributed by atoms with Crippen molar-refractivity contribution in [2.24, 2.45) is 0 Å². The number of pyridine rings is 1. The van der Waals surface area contributed by atoms with Crippen LogP contribution in [0.15, 0.2) is 16.9 Å². The molecule has 19 heavy (non-hydrogen) atoms. The second kappa shape index (κ2) is 4.38. The lowest BCUT2D eigenvalue weighted by Crippen LogP contribution is -2.31. The summed E-state index contributed by atoms with van der Waals surface area (Å²) in [5.74, 6) is -1.48. The van der Waals surface area contributed by atoms with Crippen LogP contribution in [-0.4, -0.2) is 44.8 Å². The molecule has 6 heteroatoms. The fraction of sp³-hybridized carbons (Fsp3) is 0.538. The molecule has 1 aromatic heterocycles. The molecule has 0 radical (unpaired) electrons. The lowest BCUT2D eigenvalue weighted by molar-refractivity contribution is 0.0680. The number of carboxylic acids is 1. The minimum atomic E-state index is -1.18. The zero-order valence-corrected chi connectivity index (χ0v) is 10.5. The Morgan fingerprint density at radius 2 is 1.95 bits per heavy atom. The molecule has 2 N–H and O–H groups in total. The van der Waals surface area contributed by atoms with Crippen LogP contribution in [0.2, 0.25) is 0 Å². The van der Waals surface area contributed by atoms with Crippen molar-refractivity contribution >= 4 is 5.97 Å². The van der Waals surface area contributed by atoms with Crippen LogP contribution in [0.4, 0.5) is 0 Å². The van der Waals surface area contributed by atoms with Gasteiger partial charge in [-0.15, -0.1) is 0 Å². The van der Waals surface area contributed by atoms with Gasteiger partial charge in [0.05, 0.1) is 6.04 Å². The molecular weight excluding hydrogens is 248 g/mol. The number of hydrogen-bond donors (Lipinski definition) is 2. The summed E-state index contributed by atoms with van der Waals surface area (Å²) in [6.07, 6.45) is 3.17. The second-order valence-corrected chi connectivity index (χ2v) is 5.28. The number of aromatic carboxylic acids is 1. The molecule has 1 aliphatic heterocycles. The first-order valence-electron chi connectivity index (χ1n) is 6.49. The van der Waals surface area contributed by atoms with E-state index in [1.165, 1.54) is 17.4 Å². The first-order valence-corrected chi connectivity index (χ1v) is 6.49. The van der Waals surface area contributed by atoms with Gasteiger partial charge in [-0.1, -0.05) is 0 Å². The van der Waals surface area contributed by atoms with E-state index in [1.54, 1.807) is 0 Å². The minimum absolute atomic E-state index is 0.111. The molecule has 1 saturated carbocycles. The van der Waals surface area contributed by atoms with E-state index in [1.807, 2.05) is 0 Å². The summed E-state index contributed by atoms with van der Waals surface area (Å²) in [7, 11) is 0. The number of rotatable bonds is 3. The third kappa shape index (κ3) is 2.23. The lowest BCUT2D eigenvalue weighted by atomic mass is 10.2. The molecule has 0 aromatic carbocycles. The molecule has 1 atom stereocenters. The van der Waals surface area contributed by atoms with Crippen LogP contribution in [0, 0.1) is 0 Å². The molecule has 0 bridgehead atoms. The highest BCUT2D eigenvalue weighted by Crippen LogP contribution is 2.33. The first-order chi connectivity index (χ1) is 9.06. The Bertz CT molecular complexity index is 576. The van der Waals surface area contributed by atoms with Gasteiger partial charge in [0, 0.05) is 31.3 Å². The number of aromatic nitrogens is 1. The highest BCUT2D eigenvalue weighted by Gasteiger charge is 2.36. The van der Waals surface area contributed by atoms with Crippen LogP contribution in [0.1, 0.15) is 35.8 Å². The lowest BCUT2D eigenvalue weighted by Gasteiger charge is -2.18. The van der Waals surface area contributed by atoms with Crippen molar-refractivity contribution < 1.29 is 15.0 Å². The van der Waals surface area contributed by atoms with Crippen molar-refractivity contribution in [3.05, 3.63) is 28.2 Å². The van der Waals surface area contributed by atoms with Gasteiger partial charge in [0.15, 0.2) is 0 Å². The molecule has 1 aliphatic carbocycles. The molecule has 2 aliphatic rings. The van der Waals surface area contributed by atoms with Gasteiger partial charge in [-0.05, 0) is 19.3 Å². The van der Waals surface area contributed by atoms with E-state index in [9.17, 15) is 19.8 Å². The zero-order valence-electron chi connectivity index (χ0n) is 10.5. The van der Waals surface area contributed by atoms with Crippen LogP contribution < -0.4 is 5.56 Å². The van der Waals surface area contributed by atoms with Crippen molar-refractivity contribution in [1.29, 1.82) is 0 Å². The Hall–Kier alpha value is -1.82. The molecule has 0 spiro atoms. The van der Waals surface area contributed by atoms with E-state index < -0.39 is 11.5 Å². The Labute approximate surface area is 109 Å². The van der Waals surface area contributed by atoms with Gasteiger partial charge in [-0.2, -0.15) is 0 Å². The number of hydrogen-bond acceptors (Lipinski definition) is 4. The molecule has 102 valence electrons. The van der Waals surface area contributed by atoms with Crippen LogP contribution in [0.25, 0.3) is 0 Å². The average Bonchev–Trinajstić information content (AvgIpc) is 3.08. The van der Waals surface area contributed by atoms with E-state index in [2.05, 4.69) is 4.90 Å². The molecular formula is C13H16N2O4. The number of nitrogens with zero attached hydrogens (tertiary/aromatic N) is 2. The van der Waals surface area contributed by atoms with Crippen LogP contribution in [-0.2, 0) is 0 Å². The molecule has 1 saturated heterocycles. The standard InChI is InChI=1S/C13H16N2O4/c16-10-5-11(13(18)19)15(12(17)6-10)9-3-4-14(7-9)8-1-2-8/h5-6,8-9,16H,1-4,7H2,(H,18,19). The maximum atomic E-state index is 12.0. The zero-order chi connectivity index (χ0) is 13.6. The summed E-state index contributed by atoms with van der Waals surface area (Å²) in [5.41, 5.74) is -0.576. The third-order valence-corrected chi connectivity index (χ3v) is 3.90. The summed E-state index contributed by atoms with van der Waals surface area (Å²) in [6, 6.07) is 2.72. The molecule has 1 aromatic rings. The normalized spacial score (nSPS) is 23.7. The second-order valence-electron chi connectivity index (χ2n) is 5.28. The molecule has 2 heterocycles. The van der Waals surface area contributed by atoms with Crippen molar-refractivity contribution in [3.63, 3.8) is 0 Å². The topological polar surface area (TPSA) is 82.8 Å². The van der Waals surface area contributed by atoms with E-state index >= 15 is 0 Å². The van der Waals surface area contributed by atoms with Crippen molar-refractivity contribution in [1.82, 2.24) is 9.47 Å². The fourth-order valence-corrected chi connectivity index (χ4v) is 2.86. The Kier molecular flexibility index (Phi) is 2.82. The van der Waals surface area contributed by atoms with Crippen molar-refractivity contribution in [2.45, 2.75) is 31.3 Å². The largest absolute Gasteiger partial charge is 0.508 e. The number of likely N-dealkylation sites (tertiary alicyclic amines) is 1. The molecule has 6 nitrogen and oxygen atoms in total. The van der Waals surface area contributed by atoms with Crippen LogP contribution in [0.5, 0.6) is 5.75 Å². The SMILES string of the molecule is O=C(O)c1cc(O)cc(=O)n1C1CCN(C2CC2)C1. The predicted octanol–water partition coefficient (Wildman–Crippen LogP) is 0.661. The Morgan fingerprint density at radius 3 is 2.58 bits per heavy atom. The van der Waals surface area contributed by atoms with E-state index in [0.29, 0.717) is 6.04 Å². The average molecular weight is 264 g/mol. The van der Waals surface area contributed by atoms with Gasteiger partial charge in [-0.3, -0.25) is 14.3 Å². The number of aromatic hydroxyl groups is 1. The van der Waals surface area contributed by atoms with Gasteiger partial charge < -0.3 is 10.2 Å². The minimum Gasteiger partial charge on any atom is -0.508 e. The van der Waals surface area contributed by atoms with Crippen molar-refractivity contribution in [3.8, 4) is 5.75 Å². The summed E-state index contributed by atoms with van der Waals surface area (Å²) >= 11 is 0.